The minimum Gasteiger partial charge on any atom is -0.493 e. The highest BCUT2D eigenvalue weighted by Gasteiger charge is 2.36. The van der Waals surface area contributed by atoms with Crippen molar-refractivity contribution in [3.05, 3.63) is 59.2 Å². The van der Waals surface area contributed by atoms with Crippen LogP contribution >= 0.6 is 0 Å². The van der Waals surface area contributed by atoms with E-state index in [2.05, 4.69) is 11.8 Å². The number of methoxy groups -OCH3 is 2. The highest BCUT2D eigenvalue weighted by atomic mass is 16.5. The summed E-state index contributed by atoms with van der Waals surface area (Å²) in [6.45, 7) is 0. The lowest BCUT2D eigenvalue weighted by Gasteiger charge is -2.33. The highest BCUT2D eigenvalue weighted by Crippen LogP contribution is 2.42. The molecule has 0 saturated heterocycles. The van der Waals surface area contributed by atoms with Crippen molar-refractivity contribution in [1.82, 2.24) is 0 Å². The number of hydrogen-bond donors (Lipinski definition) is 0. The summed E-state index contributed by atoms with van der Waals surface area (Å²) in [6.07, 6.45) is 7.03. The summed E-state index contributed by atoms with van der Waals surface area (Å²) in [7, 11) is 3.02. The summed E-state index contributed by atoms with van der Waals surface area (Å²) >= 11 is 0. The number of ether oxygens (including phenoxy) is 3. The van der Waals surface area contributed by atoms with Crippen molar-refractivity contribution in [2.75, 3.05) is 14.2 Å². The summed E-state index contributed by atoms with van der Waals surface area (Å²) < 4.78 is 16.7. The Hall–Kier alpha value is -3.26. The van der Waals surface area contributed by atoms with Crippen molar-refractivity contribution in [1.29, 1.82) is 0 Å². The van der Waals surface area contributed by atoms with Gasteiger partial charge in [0.1, 0.15) is 5.78 Å². The molecule has 0 radical (unpaired) electrons. The standard InChI is InChI=1S/C28H30O5/c1-31-25-11-10-22(19-26(25)33-24-8-3-4-9-24)28(16-13-23(29)14-17-28)15-12-20-6-5-7-21(18-20)27(30)32-2/h5-7,10-11,18-19,24H,3-4,8-9,13-14,16-17H2,1-2H3. The molecule has 0 amide bonds. The van der Waals surface area contributed by atoms with E-state index in [1.807, 2.05) is 24.3 Å². The van der Waals surface area contributed by atoms with Crippen LogP contribution in [0.4, 0.5) is 0 Å². The summed E-state index contributed by atoms with van der Waals surface area (Å²) in [5, 5.41) is 0. The number of rotatable bonds is 5. The molecule has 0 atom stereocenters. The van der Waals surface area contributed by atoms with Gasteiger partial charge in [0.25, 0.3) is 0 Å². The van der Waals surface area contributed by atoms with Crippen molar-refractivity contribution >= 4 is 11.8 Å². The van der Waals surface area contributed by atoms with E-state index in [-0.39, 0.29) is 17.9 Å². The van der Waals surface area contributed by atoms with Crippen LogP contribution in [0, 0.1) is 11.8 Å². The molecule has 0 aromatic heterocycles. The van der Waals surface area contributed by atoms with Crippen LogP contribution in [-0.4, -0.2) is 32.1 Å². The lowest BCUT2D eigenvalue weighted by molar-refractivity contribution is -0.120. The zero-order valence-corrected chi connectivity index (χ0v) is 19.3. The molecule has 2 aromatic rings. The molecular formula is C28H30O5. The average molecular weight is 447 g/mol. The fourth-order valence-electron chi connectivity index (χ4n) is 4.73. The van der Waals surface area contributed by atoms with Gasteiger partial charge >= 0.3 is 5.97 Å². The van der Waals surface area contributed by atoms with Gasteiger partial charge in [0, 0.05) is 18.4 Å². The molecule has 172 valence electrons. The van der Waals surface area contributed by atoms with Gasteiger partial charge in [0.05, 0.1) is 31.3 Å². The molecule has 33 heavy (non-hydrogen) atoms. The van der Waals surface area contributed by atoms with Crippen LogP contribution in [0.5, 0.6) is 11.5 Å². The van der Waals surface area contributed by atoms with Gasteiger partial charge in [-0.2, -0.15) is 0 Å². The van der Waals surface area contributed by atoms with E-state index >= 15 is 0 Å². The second-order valence-electron chi connectivity index (χ2n) is 8.83. The normalized spacial score (nSPS) is 17.7. The van der Waals surface area contributed by atoms with Crippen molar-refractivity contribution in [2.24, 2.45) is 0 Å². The van der Waals surface area contributed by atoms with Gasteiger partial charge < -0.3 is 14.2 Å². The molecule has 0 spiro atoms. The van der Waals surface area contributed by atoms with Gasteiger partial charge in [-0.05, 0) is 74.4 Å². The number of esters is 1. The van der Waals surface area contributed by atoms with E-state index in [1.54, 1.807) is 25.3 Å². The predicted molar refractivity (Wildman–Crippen MR) is 126 cm³/mol. The first-order chi connectivity index (χ1) is 16.0. The lowest BCUT2D eigenvalue weighted by atomic mass is 9.69. The Labute approximate surface area is 195 Å². The second-order valence-corrected chi connectivity index (χ2v) is 8.83. The molecule has 2 aromatic carbocycles. The Morgan fingerprint density at radius 2 is 1.76 bits per heavy atom. The minimum absolute atomic E-state index is 0.213. The molecule has 0 N–H and O–H groups in total. The molecule has 2 saturated carbocycles. The number of Topliss-reactive ketones (excluding diaryl/α,β-unsaturated/α-hetero) is 1. The zero-order chi connectivity index (χ0) is 23.3. The molecule has 0 bridgehead atoms. The van der Waals surface area contributed by atoms with Gasteiger partial charge in [-0.25, -0.2) is 4.79 Å². The maximum Gasteiger partial charge on any atom is 0.337 e. The van der Waals surface area contributed by atoms with E-state index in [9.17, 15) is 9.59 Å². The number of carbonyl (C=O) groups is 2. The van der Waals surface area contributed by atoms with Gasteiger partial charge in [0.15, 0.2) is 11.5 Å². The van der Waals surface area contributed by atoms with Crippen LogP contribution < -0.4 is 9.47 Å². The van der Waals surface area contributed by atoms with Crippen LogP contribution in [0.1, 0.15) is 72.9 Å². The Balaban J connectivity index is 1.70. The van der Waals surface area contributed by atoms with Gasteiger partial charge in [-0.1, -0.05) is 24.0 Å². The molecule has 5 heteroatoms. The van der Waals surface area contributed by atoms with E-state index in [4.69, 9.17) is 14.2 Å². The maximum absolute atomic E-state index is 12.1. The number of hydrogen-bond acceptors (Lipinski definition) is 5. The maximum atomic E-state index is 12.1. The molecule has 0 unspecified atom stereocenters. The Morgan fingerprint density at radius 1 is 1.00 bits per heavy atom. The third-order valence-corrected chi connectivity index (χ3v) is 6.70. The topological polar surface area (TPSA) is 61.8 Å². The zero-order valence-electron chi connectivity index (χ0n) is 19.3. The van der Waals surface area contributed by atoms with Crippen molar-refractivity contribution in [2.45, 2.75) is 62.9 Å². The summed E-state index contributed by atoms with van der Waals surface area (Å²) in [6, 6.07) is 13.2. The molecule has 0 heterocycles. The van der Waals surface area contributed by atoms with Crippen LogP contribution in [0.25, 0.3) is 0 Å². The smallest absolute Gasteiger partial charge is 0.337 e. The fourth-order valence-corrected chi connectivity index (χ4v) is 4.73. The first-order valence-corrected chi connectivity index (χ1v) is 11.6. The summed E-state index contributed by atoms with van der Waals surface area (Å²) in [4.78, 5) is 24.0. The van der Waals surface area contributed by atoms with E-state index in [0.717, 1.165) is 29.7 Å². The van der Waals surface area contributed by atoms with Crippen LogP contribution in [0.15, 0.2) is 42.5 Å². The van der Waals surface area contributed by atoms with Gasteiger partial charge in [0.2, 0.25) is 0 Å². The molecule has 4 rings (SSSR count). The van der Waals surface area contributed by atoms with Crippen LogP contribution in [0.3, 0.4) is 0 Å². The largest absolute Gasteiger partial charge is 0.493 e. The third kappa shape index (κ3) is 5.22. The van der Waals surface area contributed by atoms with Crippen molar-refractivity contribution < 1.29 is 23.8 Å². The van der Waals surface area contributed by atoms with Crippen molar-refractivity contribution in [3.63, 3.8) is 0 Å². The highest BCUT2D eigenvalue weighted by molar-refractivity contribution is 5.89. The third-order valence-electron chi connectivity index (χ3n) is 6.70. The summed E-state index contributed by atoms with van der Waals surface area (Å²) in [5.74, 6) is 8.09. The monoisotopic (exact) mass is 446 g/mol. The van der Waals surface area contributed by atoms with Gasteiger partial charge in [-0.15, -0.1) is 0 Å². The molecular weight excluding hydrogens is 416 g/mol. The molecule has 2 aliphatic rings. The molecule has 0 aliphatic heterocycles. The van der Waals surface area contributed by atoms with E-state index in [1.165, 1.54) is 20.0 Å². The SMILES string of the molecule is COC(=O)c1cccc(C#CC2(c3ccc(OC)c(OC4CCCC4)c3)CCC(=O)CC2)c1. The predicted octanol–water partition coefficient (Wildman–Crippen LogP) is 5.24. The average Bonchev–Trinajstić information content (AvgIpc) is 3.37. The molecule has 5 nitrogen and oxygen atoms in total. The number of ketones is 1. The van der Waals surface area contributed by atoms with Gasteiger partial charge in [-0.3, -0.25) is 4.79 Å². The van der Waals surface area contributed by atoms with E-state index in [0.29, 0.717) is 37.0 Å². The van der Waals surface area contributed by atoms with Crippen molar-refractivity contribution in [3.8, 4) is 23.3 Å². The minimum atomic E-state index is -0.463. The number of benzene rings is 2. The number of carbonyl (C=O) groups excluding carboxylic acids is 2. The fraction of sp³-hybridized carbons (Fsp3) is 0.429. The Bertz CT molecular complexity index is 1070. The second kappa shape index (κ2) is 10.1. The molecule has 2 aliphatic carbocycles. The molecule has 2 fully saturated rings. The van der Waals surface area contributed by atoms with Crippen LogP contribution in [-0.2, 0) is 14.9 Å². The van der Waals surface area contributed by atoms with Crippen LogP contribution in [0.2, 0.25) is 0 Å². The van der Waals surface area contributed by atoms with E-state index < -0.39 is 5.41 Å². The Morgan fingerprint density at radius 3 is 2.45 bits per heavy atom. The Kier molecular flexibility index (Phi) is 7.03. The summed E-state index contributed by atoms with van der Waals surface area (Å²) in [5.41, 5.74) is 1.79. The first kappa shape index (κ1) is 22.9. The first-order valence-electron chi connectivity index (χ1n) is 11.6. The quantitative estimate of drug-likeness (QED) is 0.465. The lowest BCUT2D eigenvalue weighted by Crippen LogP contribution is -2.30.